The van der Waals surface area contributed by atoms with Crippen LogP contribution < -0.4 is 0 Å². The molecule has 2 amide bonds. The molecule has 1 aliphatic heterocycles. The van der Waals surface area contributed by atoms with E-state index in [9.17, 15) is 19.2 Å². The van der Waals surface area contributed by atoms with E-state index >= 15 is 0 Å². The molecule has 1 unspecified atom stereocenters. The van der Waals surface area contributed by atoms with E-state index in [4.69, 9.17) is 5.11 Å². The van der Waals surface area contributed by atoms with Crippen molar-refractivity contribution in [2.75, 3.05) is 0 Å². The molecule has 0 saturated carbocycles. The second-order valence-corrected chi connectivity index (χ2v) is 3.42. The van der Waals surface area contributed by atoms with Crippen LogP contribution in [0.3, 0.4) is 0 Å². The van der Waals surface area contributed by atoms with Crippen molar-refractivity contribution in [1.82, 2.24) is 4.90 Å². The van der Waals surface area contributed by atoms with E-state index in [1.165, 1.54) is 6.92 Å². The number of aliphatic carboxylic acids is 1. The number of ketones is 1. The third-order valence-corrected chi connectivity index (χ3v) is 2.17. The molecule has 0 aliphatic carbocycles. The molecule has 1 rings (SSSR count). The SMILES string of the molecule is CC(=O)CC(C(=O)O)N1C(=O)CCC1=O. The zero-order valence-corrected chi connectivity index (χ0v) is 8.23. The number of amides is 2. The topological polar surface area (TPSA) is 91.8 Å². The van der Waals surface area contributed by atoms with Gasteiger partial charge in [-0.2, -0.15) is 0 Å². The largest absolute Gasteiger partial charge is 0.480 e. The molecule has 0 radical (unpaired) electrons. The summed E-state index contributed by atoms with van der Waals surface area (Å²) in [5, 5.41) is 8.82. The van der Waals surface area contributed by atoms with E-state index in [0.29, 0.717) is 4.90 Å². The number of imide groups is 1. The molecule has 6 heteroatoms. The van der Waals surface area contributed by atoms with Crippen LogP contribution in [0.4, 0.5) is 0 Å². The second-order valence-electron chi connectivity index (χ2n) is 3.42. The van der Waals surface area contributed by atoms with Gasteiger partial charge in [-0.1, -0.05) is 0 Å². The van der Waals surface area contributed by atoms with Crippen LogP contribution in [0.2, 0.25) is 0 Å². The first-order valence-electron chi connectivity index (χ1n) is 4.50. The van der Waals surface area contributed by atoms with Crippen molar-refractivity contribution < 1.29 is 24.3 Å². The van der Waals surface area contributed by atoms with Crippen LogP contribution in [0.25, 0.3) is 0 Å². The number of likely N-dealkylation sites (tertiary alicyclic amines) is 1. The molecule has 1 atom stereocenters. The number of hydrogen-bond acceptors (Lipinski definition) is 4. The van der Waals surface area contributed by atoms with Gasteiger partial charge in [-0.3, -0.25) is 19.3 Å². The Balaban J connectivity index is 2.88. The Morgan fingerprint density at radius 2 is 1.80 bits per heavy atom. The molecule has 0 aromatic rings. The molecule has 0 spiro atoms. The first-order chi connectivity index (χ1) is 6.93. The van der Waals surface area contributed by atoms with Crippen LogP contribution in [-0.2, 0) is 19.2 Å². The summed E-state index contributed by atoms with van der Waals surface area (Å²) in [5.74, 6) is -2.73. The Kier molecular flexibility index (Phi) is 3.18. The molecule has 1 heterocycles. The fourth-order valence-electron chi connectivity index (χ4n) is 1.50. The predicted molar refractivity (Wildman–Crippen MR) is 47.8 cm³/mol. The third kappa shape index (κ3) is 2.39. The summed E-state index contributed by atoms with van der Waals surface area (Å²) in [6.45, 7) is 1.22. The Hall–Kier alpha value is -1.72. The normalized spacial score (nSPS) is 18.1. The van der Waals surface area contributed by atoms with E-state index in [2.05, 4.69) is 0 Å². The number of Topliss-reactive ketones (excluding diaryl/α,β-unsaturated/α-hetero) is 1. The fraction of sp³-hybridized carbons (Fsp3) is 0.556. The van der Waals surface area contributed by atoms with Crippen molar-refractivity contribution in [3.8, 4) is 0 Å². The summed E-state index contributed by atoms with van der Waals surface area (Å²) < 4.78 is 0. The van der Waals surface area contributed by atoms with Crippen molar-refractivity contribution in [2.24, 2.45) is 0 Å². The smallest absolute Gasteiger partial charge is 0.327 e. The van der Waals surface area contributed by atoms with E-state index in [-0.39, 0.29) is 25.0 Å². The van der Waals surface area contributed by atoms with E-state index in [0.717, 1.165) is 0 Å². The molecular formula is C9H11NO5. The van der Waals surface area contributed by atoms with Gasteiger partial charge in [-0.15, -0.1) is 0 Å². The maximum atomic E-state index is 11.2. The molecule has 15 heavy (non-hydrogen) atoms. The summed E-state index contributed by atoms with van der Waals surface area (Å²) in [4.78, 5) is 44.8. The van der Waals surface area contributed by atoms with Crippen LogP contribution in [0, 0.1) is 0 Å². The zero-order valence-electron chi connectivity index (χ0n) is 8.23. The Morgan fingerprint density at radius 1 is 1.33 bits per heavy atom. The van der Waals surface area contributed by atoms with Gasteiger partial charge in [0.1, 0.15) is 11.8 Å². The Bertz CT molecular complexity index is 319. The third-order valence-electron chi connectivity index (χ3n) is 2.17. The average Bonchev–Trinajstić information content (AvgIpc) is 2.42. The summed E-state index contributed by atoms with van der Waals surface area (Å²) in [5.41, 5.74) is 0. The van der Waals surface area contributed by atoms with Crippen LogP contribution >= 0.6 is 0 Å². The van der Waals surface area contributed by atoms with Crippen LogP contribution in [0.1, 0.15) is 26.2 Å². The quantitative estimate of drug-likeness (QED) is 0.639. The van der Waals surface area contributed by atoms with Gasteiger partial charge in [0.2, 0.25) is 11.8 Å². The summed E-state index contributed by atoms with van der Waals surface area (Å²) >= 11 is 0. The van der Waals surface area contributed by atoms with Crippen molar-refractivity contribution in [3.05, 3.63) is 0 Å². The minimum Gasteiger partial charge on any atom is -0.480 e. The number of carboxylic acid groups (broad SMARTS) is 1. The first kappa shape index (κ1) is 11.4. The van der Waals surface area contributed by atoms with Gasteiger partial charge in [0, 0.05) is 19.3 Å². The predicted octanol–water partition coefficient (Wildman–Crippen LogP) is -0.432. The van der Waals surface area contributed by atoms with Crippen molar-refractivity contribution >= 4 is 23.6 Å². The zero-order chi connectivity index (χ0) is 11.6. The molecule has 0 aromatic heterocycles. The molecule has 1 N–H and O–H groups in total. The lowest BCUT2D eigenvalue weighted by Crippen LogP contribution is -2.45. The Morgan fingerprint density at radius 3 is 2.13 bits per heavy atom. The molecule has 0 bridgehead atoms. The highest BCUT2D eigenvalue weighted by atomic mass is 16.4. The highest BCUT2D eigenvalue weighted by Crippen LogP contribution is 2.17. The lowest BCUT2D eigenvalue weighted by Gasteiger charge is -2.21. The summed E-state index contributed by atoms with van der Waals surface area (Å²) in [6, 6.07) is -1.34. The molecule has 0 aromatic carbocycles. The van der Waals surface area contributed by atoms with E-state index in [1.807, 2.05) is 0 Å². The molecule has 1 aliphatic rings. The highest BCUT2D eigenvalue weighted by molar-refractivity contribution is 6.05. The number of nitrogens with zero attached hydrogens (tertiary/aromatic N) is 1. The van der Waals surface area contributed by atoms with Gasteiger partial charge in [-0.05, 0) is 6.92 Å². The fourth-order valence-corrected chi connectivity index (χ4v) is 1.50. The highest BCUT2D eigenvalue weighted by Gasteiger charge is 2.39. The average molecular weight is 213 g/mol. The van der Waals surface area contributed by atoms with E-state index in [1.54, 1.807) is 0 Å². The number of rotatable bonds is 4. The van der Waals surface area contributed by atoms with Gasteiger partial charge in [0.15, 0.2) is 0 Å². The maximum absolute atomic E-state index is 11.2. The van der Waals surface area contributed by atoms with Crippen molar-refractivity contribution in [1.29, 1.82) is 0 Å². The van der Waals surface area contributed by atoms with Crippen molar-refractivity contribution in [2.45, 2.75) is 32.2 Å². The Labute approximate surface area is 85.9 Å². The van der Waals surface area contributed by atoms with Crippen LogP contribution in [-0.4, -0.2) is 39.6 Å². The molecule has 6 nitrogen and oxygen atoms in total. The van der Waals surface area contributed by atoms with Gasteiger partial charge >= 0.3 is 5.97 Å². The molecule has 1 saturated heterocycles. The molecule has 82 valence electrons. The number of hydrogen-bond donors (Lipinski definition) is 1. The number of carbonyl (C=O) groups is 4. The van der Waals surface area contributed by atoms with E-state index < -0.39 is 23.8 Å². The van der Waals surface area contributed by atoms with Gasteiger partial charge in [-0.25, -0.2) is 4.79 Å². The van der Waals surface area contributed by atoms with Crippen LogP contribution in [0.5, 0.6) is 0 Å². The maximum Gasteiger partial charge on any atom is 0.327 e. The minimum absolute atomic E-state index is 0.0283. The summed E-state index contributed by atoms with van der Waals surface area (Å²) in [6.07, 6.45) is -0.270. The standard InChI is InChI=1S/C9H11NO5/c1-5(11)4-6(9(14)15)10-7(12)2-3-8(10)13/h6H,2-4H2,1H3,(H,14,15). The van der Waals surface area contributed by atoms with Gasteiger partial charge < -0.3 is 5.11 Å². The molecule has 1 fully saturated rings. The lowest BCUT2D eigenvalue weighted by atomic mass is 10.1. The summed E-state index contributed by atoms with van der Waals surface area (Å²) in [7, 11) is 0. The number of carboxylic acids is 1. The molecular weight excluding hydrogens is 202 g/mol. The minimum atomic E-state index is -1.34. The van der Waals surface area contributed by atoms with Crippen LogP contribution in [0.15, 0.2) is 0 Å². The van der Waals surface area contributed by atoms with Crippen molar-refractivity contribution in [3.63, 3.8) is 0 Å². The lowest BCUT2D eigenvalue weighted by molar-refractivity contribution is -0.155. The monoisotopic (exact) mass is 213 g/mol. The second kappa shape index (κ2) is 4.20. The number of carbonyl (C=O) groups excluding carboxylic acids is 3. The first-order valence-corrected chi connectivity index (χ1v) is 4.50. The van der Waals surface area contributed by atoms with Gasteiger partial charge in [0.05, 0.1) is 0 Å². The van der Waals surface area contributed by atoms with Gasteiger partial charge in [0.25, 0.3) is 0 Å².